The number of carbonyl (C=O) groups excluding carboxylic acids is 1. The van der Waals surface area contributed by atoms with Gasteiger partial charge in [-0.2, -0.15) is 0 Å². The molecule has 0 aromatic carbocycles. The number of hydrogen-bond donors (Lipinski definition) is 0. The maximum absolute atomic E-state index is 13.4. The van der Waals surface area contributed by atoms with E-state index in [0.29, 0.717) is 16.7 Å². The summed E-state index contributed by atoms with van der Waals surface area (Å²) in [5.74, 6) is 2.17. The molecule has 4 atom stereocenters. The van der Waals surface area contributed by atoms with Crippen LogP contribution in [0.15, 0.2) is 0 Å². The Bertz CT molecular complexity index is 444. The minimum atomic E-state index is 0.0174. The second-order valence-corrected chi connectivity index (χ2v) is 9.89. The van der Waals surface area contributed by atoms with Gasteiger partial charge in [-0.05, 0) is 74.0 Å². The Balaban J connectivity index is 1.60. The van der Waals surface area contributed by atoms with Gasteiger partial charge in [0.15, 0.2) is 0 Å². The quantitative estimate of drug-likeness (QED) is 0.707. The number of piperidine rings is 1. The second-order valence-electron chi connectivity index (χ2n) is 9.89. The topological polar surface area (TPSA) is 20.3 Å². The Morgan fingerprint density at radius 3 is 2.05 bits per heavy atom. The Labute approximate surface area is 129 Å². The fraction of sp³-hybridized carbons (Fsp3) is 0.947. The van der Waals surface area contributed by atoms with Crippen molar-refractivity contribution in [1.29, 1.82) is 0 Å². The molecule has 0 N–H and O–H groups in total. The van der Waals surface area contributed by atoms with Crippen molar-refractivity contribution >= 4 is 5.91 Å². The van der Waals surface area contributed by atoms with Crippen molar-refractivity contribution in [3.8, 4) is 0 Å². The van der Waals surface area contributed by atoms with Gasteiger partial charge in [-0.1, -0.05) is 20.8 Å². The highest BCUT2D eigenvalue weighted by Crippen LogP contribution is 2.69. The van der Waals surface area contributed by atoms with Crippen LogP contribution in [0.25, 0.3) is 0 Å². The molecule has 2 nitrogen and oxygen atoms in total. The molecule has 5 aliphatic rings. The van der Waals surface area contributed by atoms with Gasteiger partial charge in [0.1, 0.15) is 0 Å². The summed E-state index contributed by atoms with van der Waals surface area (Å²) in [5, 5.41) is 0. The molecule has 0 aromatic rings. The average Bonchev–Trinajstić information content (AvgIpc) is 2.34. The molecule has 5 rings (SSSR count). The third-order valence-electron chi connectivity index (χ3n) is 7.15. The zero-order valence-electron chi connectivity index (χ0n) is 14.1. The van der Waals surface area contributed by atoms with Gasteiger partial charge in [0.25, 0.3) is 0 Å². The van der Waals surface area contributed by atoms with E-state index in [1.807, 2.05) is 0 Å². The van der Waals surface area contributed by atoms with E-state index in [4.69, 9.17) is 0 Å². The van der Waals surface area contributed by atoms with Crippen LogP contribution in [0.3, 0.4) is 0 Å². The number of rotatable bonds is 1. The van der Waals surface area contributed by atoms with Crippen molar-refractivity contribution in [2.24, 2.45) is 28.1 Å². The van der Waals surface area contributed by atoms with Crippen molar-refractivity contribution in [3.63, 3.8) is 0 Å². The summed E-state index contributed by atoms with van der Waals surface area (Å²) >= 11 is 0. The molecule has 0 radical (unpaired) electrons. The first-order chi connectivity index (χ1) is 9.82. The van der Waals surface area contributed by atoms with Crippen LogP contribution in [-0.4, -0.2) is 23.9 Å². The highest BCUT2D eigenvalue weighted by molar-refractivity contribution is 5.83. The Morgan fingerprint density at radius 1 is 0.952 bits per heavy atom. The van der Waals surface area contributed by atoms with Gasteiger partial charge < -0.3 is 4.90 Å². The van der Waals surface area contributed by atoms with Gasteiger partial charge in [0.2, 0.25) is 5.91 Å². The first-order valence-corrected chi connectivity index (χ1v) is 9.11. The van der Waals surface area contributed by atoms with Crippen LogP contribution in [0.4, 0.5) is 0 Å². The second kappa shape index (κ2) is 4.26. The standard InChI is InChI=1S/C19H31NO/c1-14-4-6-20(7-5-14)16(21)19-10-15-8-17(2,12-19)11-18(3,9-15)13-19/h14-15H,4-13H2,1-3H3/t15?,17-,18+,19?. The molecular formula is C19H31NO. The monoisotopic (exact) mass is 289 g/mol. The van der Waals surface area contributed by atoms with Crippen LogP contribution in [0.2, 0.25) is 0 Å². The number of carbonyl (C=O) groups is 1. The molecule has 2 unspecified atom stereocenters. The zero-order valence-corrected chi connectivity index (χ0v) is 14.1. The van der Waals surface area contributed by atoms with E-state index in [1.54, 1.807) is 0 Å². The van der Waals surface area contributed by atoms with Crippen LogP contribution >= 0.6 is 0 Å². The lowest BCUT2D eigenvalue weighted by Gasteiger charge is -2.65. The minimum Gasteiger partial charge on any atom is -0.342 e. The minimum absolute atomic E-state index is 0.0174. The highest BCUT2D eigenvalue weighted by atomic mass is 16.2. The predicted octanol–water partition coefficient (Wildman–Crippen LogP) is 4.24. The first kappa shape index (κ1) is 14.1. The molecule has 1 aliphatic heterocycles. The predicted molar refractivity (Wildman–Crippen MR) is 84.8 cm³/mol. The third-order valence-corrected chi connectivity index (χ3v) is 7.15. The maximum Gasteiger partial charge on any atom is 0.228 e. The van der Waals surface area contributed by atoms with E-state index in [0.717, 1.165) is 24.9 Å². The normalized spacial score (nSPS) is 49.7. The van der Waals surface area contributed by atoms with Crippen LogP contribution in [-0.2, 0) is 4.79 Å². The summed E-state index contributed by atoms with van der Waals surface area (Å²) < 4.78 is 0. The first-order valence-electron chi connectivity index (χ1n) is 9.11. The summed E-state index contributed by atoms with van der Waals surface area (Å²) in [6, 6.07) is 0. The highest BCUT2D eigenvalue weighted by Gasteiger charge is 2.63. The van der Waals surface area contributed by atoms with Crippen LogP contribution < -0.4 is 0 Å². The van der Waals surface area contributed by atoms with Crippen molar-refractivity contribution in [2.45, 2.75) is 72.1 Å². The van der Waals surface area contributed by atoms with Crippen molar-refractivity contribution in [1.82, 2.24) is 4.90 Å². The van der Waals surface area contributed by atoms with Gasteiger partial charge in [0.05, 0.1) is 5.41 Å². The number of nitrogens with zero attached hydrogens (tertiary/aromatic N) is 1. The van der Waals surface area contributed by atoms with Crippen molar-refractivity contribution in [3.05, 3.63) is 0 Å². The Morgan fingerprint density at radius 2 is 1.52 bits per heavy atom. The van der Waals surface area contributed by atoms with E-state index in [2.05, 4.69) is 25.7 Å². The summed E-state index contributed by atoms with van der Waals surface area (Å²) in [6.45, 7) is 9.29. The molecule has 4 aliphatic carbocycles. The zero-order chi connectivity index (χ0) is 14.9. The maximum atomic E-state index is 13.4. The number of hydrogen-bond acceptors (Lipinski definition) is 1. The number of amides is 1. The molecule has 21 heavy (non-hydrogen) atoms. The van der Waals surface area contributed by atoms with Gasteiger partial charge in [-0.3, -0.25) is 4.79 Å². The lowest BCUT2D eigenvalue weighted by Crippen LogP contribution is -2.60. The smallest absolute Gasteiger partial charge is 0.228 e. The van der Waals surface area contributed by atoms with Crippen molar-refractivity contribution in [2.75, 3.05) is 13.1 Å². The molecule has 0 spiro atoms. The van der Waals surface area contributed by atoms with Crippen molar-refractivity contribution < 1.29 is 4.79 Å². The molecule has 0 aromatic heterocycles. The average molecular weight is 289 g/mol. The van der Waals surface area contributed by atoms with Gasteiger partial charge in [-0.25, -0.2) is 0 Å². The molecule has 4 bridgehead atoms. The van der Waals surface area contributed by atoms with Crippen LogP contribution in [0, 0.1) is 28.1 Å². The Hall–Kier alpha value is -0.530. The molecule has 1 heterocycles. The summed E-state index contributed by atoms with van der Waals surface area (Å²) in [4.78, 5) is 15.6. The van der Waals surface area contributed by atoms with E-state index in [-0.39, 0.29) is 5.41 Å². The lowest BCUT2D eigenvalue weighted by atomic mass is 9.40. The third kappa shape index (κ3) is 2.16. The fourth-order valence-corrected chi connectivity index (χ4v) is 7.23. The van der Waals surface area contributed by atoms with E-state index < -0.39 is 0 Å². The largest absolute Gasteiger partial charge is 0.342 e. The molecule has 2 heteroatoms. The molecule has 5 fully saturated rings. The SMILES string of the molecule is CC1CCN(C(=O)C23CC4C[C@@](C)(C2)C[C@](C)(C4)C3)CC1. The van der Waals surface area contributed by atoms with Crippen LogP contribution in [0.5, 0.6) is 0 Å². The summed E-state index contributed by atoms with van der Waals surface area (Å²) in [5.41, 5.74) is 0.920. The van der Waals surface area contributed by atoms with Gasteiger partial charge in [-0.15, -0.1) is 0 Å². The van der Waals surface area contributed by atoms with E-state index >= 15 is 0 Å². The Kier molecular flexibility index (Phi) is 2.86. The number of likely N-dealkylation sites (tertiary alicyclic amines) is 1. The van der Waals surface area contributed by atoms with Crippen LogP contribution in [0.1, 0.15) is 72.1 Å². The van der Waals surface area contributed by atoms with E-state index in [9.17, 15) is 4.79 Å². The summed E-state index contributed by atoms with van der Waals surface area (Å²) in [7, 11) is 0. The van der Waals surface area contributed by atoms with Gasteiger partial charge in [0, 0.05) is 13.1 Å². The molecule has 1 amide bonds. The summed E-state index contributed by atoms with van der Waals surface area (Å²) in [6.07, 6.45) is 10.1. The fourth-order valence-electron chi connectivity index (χ4n) is 7.23. The lowest BCUT2D eigenvalue weighted by molar-refractivity contribution is -0.180. The van der Waals surface area contributed by atoms with E-state index in [1.165, 1.54) is 51.4 Å². The molecule has 4 saturated carbocycles. The molecule has 1 saturated heterocycles. The molecular weight excluding hydrogens is 258 g/mol. The molecule has 118 valence electrons. The van der Waals surface area contributed by atoms with Gasteiger partial charge >= 0.3 is 0 Å².